The van der Waals surface area contributed by atoms with E-state index >= 15 is 0 Å². The summed E-state index contributed by atoms with van der Waals surface area (Å²) in [6, 6.07) is 6.21. The predicted octanol–water partition coefficient (Wildman–Crippen LogP) is 2.57. The van der Waals surface area contributed by atoms with Gasteiger partial charge >= 0.3 is 0 Å². The molecule has 1 aliphatic carbocycles. The molecule has 16 heavy (non-hydrogen) atoms. The number of hydrogen-bond donors (Lipinski definition) is 1. The van der Waals surface area contributed by atoms with Crippen LogP contribution in [0.5, 0.6) is 0 Å². The van der Waals surface area contributed by atoms with Gasteiger partial charge in [0.15, 0.2) is 0 Å². The summed E-state index contributed by atoms with van der Waals surface area (Å²) in [6.45, 7) is 0. The SMILES string of the molecule is O=CCCc1ccc2nc(C3CC3)[nH]c2c1. The van der Waals surface area contributed by atoms with Gasteiger partial charge in [-0.15, -0.1) is 0 Å². The average molecular weight is 214 g/mol. The third kappa shape index (κ3) is 1.73. The first kappa shape index (κ1) is 9.58. The Morgan fingerprint density at radius 3 is 3.06 bits per heavy atom. The van der Waals surface area contributed by atoms with Crippen molar-refractivity contribution in [2.24, 2.45) is 0 Å². The van der Waals surface area contributed by atoms with Crippen molar-refractivity contribution in [3.05, 3.63) is 29.6 Å². The summed E-state index contributed by atoms with van der Waals surface area (Å²) in [5.74, 6) is 1.79. The Morgan fingerprint density at radius 2 is 2.31 bits per heavy atom. The number of aldehydes is 1. The zero-order chi connectivity index (χ0) is 11.0. The van der Waals surface area contributed by atoms with Crippen LogP contribution in [-0.2, 0) is 11.2 Å². The van der Waals surface area contributed by atoms with E-state index in [4.69, 9.17) is 0 Å². The van der Waals surface area contributed by atoms with Crippen molar-refractivity contribution in [3.63, 3.8) is 0 Å². The molecule has 3 nitrogen and oxygen atoms in total. The Hall–Kier alpha value is -1.64. The first-order valence-electron chi connectivity index (χ1n) is 5.79. The summed E-state index contributed by atoms with van der Waals surface area (Å²) in [4.78, 5) is 18.3. The summed E-state index contributed by atoms with van der Waals surface area (Å²) in [5, 5.41) is 0. The highest BCUT2D eigenvalue weighted by Crippen LogP contribution is 2.39. The lowest BCUT2D eigenvalue weighted by atomic mass is 10.1. The van der Waals surface area contributed by atoms with Gasteiger partial charge in [0.05, 0.1) is 11.0 Å². The minimum Gasteiger partial charge on any atom is -0.342 e. The van der Waals surface area contributed by atoms with Gasteiger partial charge in [-0.3, -0.25) is 0 Å². The molecule has 0 amide bonds. The Morgan fingerprint density at radius 1 is 1.44 bits per heavy atom. The quantitative estimate of drug-likeness (QED) is 0.795. The molecular formula is C13H14N2O. The van der Waals surface area contributed by atoms with Gasteiger partial charge < -0.3 is 9.78 Å². The van der Waals surface area contributed by atoms with Crippen LogP contribution in [0.25, 0.3) is 11.0 Å². The number of benzene rings is 1. The van der Waals surface area contributed by atoms with E-state index in [1.165, 1.54) is 18.4 Å². The maximum absolute atomic E-state index is 10.3. The number of nitrogens with zero attached hydrogens (tertiary/aromatic N) is 1. The average Bonchev–Trinajstić information content (AvgIpc) is 3.06. The molecular weight excluding hydrogens is 200 g/mol. The summed E-state index contributed by atoms with van der Waals surface area (Å²) in [5.41, 5.74) is 3.34. The second-order valence-electron chi connectivity index (χ2n) is 4.45. The van der Waals surface area contributed by atoms with Crippen molar-refractivity contribution in [3.8, 4) is 0 Å². The molecule has 1 heterocycles. The minimum absolute atomic E-state index is 0.592. The van der Waals surface area contributed by atoms with Crippen LogP contribution < -0.4 is 0 Å². The first-order chi connectivity index (χ1) is 7.86. The molecule has 0 bridgehead atoms. The lowest BCUT2D eigenvalue weighted by Crippen LogP contribution is -1.85. The highest BCUT2D eigenvalue weighted by Gasteiger charge is 2.26. The third-order valence-corrected chi connectivity index (χ3v) is 3.08. The molecule has 3 heteroatoms. The second-order valence-corrected chi connectivity index (χ2v) is 4.45. The number of aromatic amines is 1. The van der Waals surface area contributed by atoms with Crippen LogP contribution in [0.15, 0.2) is 18.2 Å². The van der Waals surface area contributed by atoms with Gasteiger partial charge in [-0.05, 0) is 37.0 Å². The number of H-pyrrole nitrogens is 1. The van der Waals surface area contributed by atoms with Gasteiger partial charge in [0.25, 0.3) is 0 Å². The Bertz CT molecular complexity index is 526. The summed E-state index contributed by atoms with van der Waals surface area (Å²) >= 11 is 0. The highest BCUT2D eigenvalue weighted by molar-refractivity contribution is 5.76. The molecule has 1 aromatic carbocycles. The first-order valence-corrected chi connectivity index (χ1v) is 5.79. The molecule has 0 unspecified atom stereocenters. The maximum atomic E-state index is 10.3. The van der Waals surface area contributed by atoms with Crippen LogP contribution in [0.4, 0.5) is 0 Å². The van der Waals surface area contributed by atoms with E-state index in [2.05, 4.69) is 22.1 Å². The van der Waals surface area contributed by atoms with Crippen LogP contribution in [0, 0.1) is 0 Å². The Labute approximate surface area is 93.9 Å². The van der Waals surface area contributed by atoms with E-state index in [9.17, 15) is 4.79 Å². The van der Waals surface area contributed by atoms with Crippen molar-refractivity contribution < 1.29 is 4.79 Å². The van der Waals surface area contributed by atoms with E-state index < -0.39 is 0 Å². The fourth-order valence-corrected chi connectivity index (χ4v) is 2.01. The number of fused-ring (bicyclic) bond motifs is 1. The zero-order valence-corrected chi connectivity index (χ0v) is 9.07. The van der Waals surface area contributed by atoms with Crippen LogP contribution in [0.1, 0.15) is 36.6 Å². The number of rotatable bonds is 4. The Kier molecular flexibility index (Phi) is 2.24. The number of imidazole rings is 1. The van der Waals surface area contributed by atoms with Gasteiger partial charge in [-0.2, -0.15) is 0 Å². The normalized spacial score (nSPS) is 15.5. The Balaban J connectivity index is 1.93. The molecule has 0 saturated heterocycles. The van der Waals surface area contributed by atoms with Crippen LogP contribution in [0.3, 0.4) is 0 Å². The van der Waals surface area contributed by atoms with Gasteiger partial charge in [-0.25, -0.2) is 4.98 Å². The van der Waals surface area contributed by atoms with Crippen molar-refractivity contribution in [1.82, 2.24) is 9.97 Å². The summed E-state index contributed by atoms with van der Waals surface area (Å²) in [6.07, 6.45) is 4.90. The molecule has 1 saturated carbocycles. The smallest absolute Gasteiger partial charge is 0.120 e. The fourth-order valence-electron chi connectivity index (χ4n) is 2.01. The predicted molar refractivity (Wildman–Crippen MR) is 62.5 cm³/mol. The van der Waals surface area contributed by atoms with Crippen LogP contribution in [0.2, 0.25) is 0 Å². The van der Waals surface area contributed by atoms with Crippen molar-refractivity contribution in [2.75, 3.05) is 0 Å². The number of carbonyl (C=O) groups is 1. The molecule has 82 valence electrons. The molecule has 0 aliphatic heterocycles. The maximum Gasteiger partial charge on any atom is 0.120 e. The summed E-state index contributed by atoms with van der Waals surface area (Å²) < 4.78 is 0. The van der Waals surface area contributed by atoms with Crippen LogP contribution in [-0.4, -0.2) is 16.3 Å². The largest absolute Gasteiger partial charge is 0.342 e. The number of aryl methyl sites for hydroxylation is 1. The highest BCUT2D eigenvalue weighted by atomic mass is 16.1. The molecule has 0 spiro atoms. The van der Waals surface area contributed by atoms with Crippen molar-refractivity contribution in [1.29, 1.82) is 0 Å². The van der Waals surface area contributed by atoms with E-state index in [0.29, 0.717) is 12.3 Å². The standard InChI is InChI=1S/C13H14N2O/c16-7-1-2-9-3-6-11-12(8-9)15-13(14-11)10-4-5-10/h3,6-8,10H,1-2,4-5H2,(H,14,15). The van der Waals surface area contributed by atoms with Gasteiger partial charge in [0.2, 0.25) is 0 Å². The van der Waals surface area contributed by atoms with Gasteiger partial charge in [0, 0.05) is 12.3 Å². The van der Waals surface area contributed by atoms with Gasteiger partial charge in [0.1, 0.15) is 12.1 Å². The fraction of sp³-hybridized carbons (Fsp3) is 0.385. The minimum atomic E-state index is 0.592. The van der Waals surface area contributed by atoms with E-state index in [1.807, 2.05) is 6.07 Å². The third-order valence-electron chi connectivity index (χ3n) is 3.08. The number of nitrogens with one attached hydrogen (secondary N) is 1. The molecule has 1 aliphatic rings. The topological polar surface area (TPSA) is 45.8 Å². The van der Waals surface area contributed by atoms with Gasteiger partial charge in [-0.1, -0.05) is 6.07 Å². The molecule has 3 rings (SSSR count). The van der Waals surface area contributed by atoms with Crippen molar-refractivity contribution in [2.45, 2.75) is 31.6 Å². The van der Waals surface area contributed by atoms with E-state index in [1.54, 1.807) is 0 Å². The molecule has 1 N–H and O–H groups in total. The lowest BCUT2D eigenvalue weighted by Gasteiger charge is -1.96. The molecule has 0 atom stereocenters. The summed E-state index contributed by atoms with van der Waals surface area (Å²) in [7, 11) is 0. The number of aromatic nitrogens is 2. The van der Waals surface area contributed by atoms with E-state index in [0.717, 1.165) is 29.6 Å². The molecule has 1 aromatic heterocycles. The zero-order valence-electron chi connectivity index (χ0n) is 9.07. The van der Waals surface area contributed by atoms with Crippen LogP contribution >= 0.6 is 0 Å². The second kappa shape index (κ2) is 3.74. The molecule has 1 fully saturated rings. The number of hydrogen-bond acceptors (Lipinski definition) is 2. The number of carbonyl (C=O) groups excluding carboxylic acids is 1. The van der Waals surface area contributed by atoms with Crippen molar-refractivity contribution >= 4 is 17.3 Å². The molecule has 2 aromatic rings. The molecule has 0 radical (unpaired) electrons. The lowest BCUT2D eigenvalue weighted by molar-refractivity contribution is -0.107. The van der Waals surface area contributed by atoms with E-state index in [-0.39, 0.29) is 0 Å². The monoisotopic (exact) mass is 214 g/mol.